The molecule has 2 aromatic carbocycles. The van der Waals surface area contributed by atoms with Gasteiger partial charge in [-0.15, -0.1) is 0 Å². The fourth-order valence-electron chi connectivity index (χ4n) is 1.81. The van der Waals surface area contributed by atoms with Crippen molar-refractivity contribution in [3.05, 3.63) is 62.5 Å². The van der Waals surface area contributed by atoms with E-state index in [1.807, 2.05) is 0 Å². The molecule has 1 N–H and O–H groups in total. The molecule has 0 aliphatic carbocycles. The zero-order valence-electron chi connectivity index (χ0n) is 10.4. The maximum Gasteiger partial charge on any atom is 0.124 e. The van der Waals surface area contributed by atoms with Crippen LogP contribution in [0, 0.1) is 23.2 Å². The molecular weight excluding hydrogens is 340 g/mol. The molecule has 0 heterocycles. The quantitative estimate of drug-likeness (QED) is 0.790. The van der Waals surface area contributed by atoms with Gasteiger partial charge in [0.2, 0.25) is 0 Å². The van der Waals surface area contributed by atoms with Gasteiger partial charge < -0.3 is 5.32 Å². The summed E-state index contributed by atoms with van der Waals surface area (Å²) in [5, 5.41) is 3.35. The Balaban J connectivity index is 2.13. The molecule has 2 rings (SSSR count). The number of hydrogen-bond acceptors (Lipinski definition) is 1. The van der Waals surface area contributed by atoms with Crippen LogP contribution < -0.4 is 5.32 Å². The van der Waals surface area contributed by atoms with E-state index in [4.69, 9.17) is 0 Å². The van der Waals surface area contributed by atoms with Gasteiger partial charge in [0.1, 0.15) is 5.82 Å². The summed E-state index contributed by atoms with van der Waals surface area (Å²) >= 11 is 2.14. The second kappa shape index (κ2) is 5.69. The lowest BCUT2D eigenvalue weighted by molar-refractivity contribution is 0.627. The first-order valence-corrected chi connectivity index (χ1v) is 6.89. The van der Waals surface area contributed by atoms with Crippen molar-refractivity contribution in [2.45, 2.75) is 20.4 Å². The topological polar surface area (TPSA) is 12.0 Å². The van der Waals surface area contributed by atoms with E-state index in [-0.39, 0.29) is 5.82 Å². The van der Waals surface area contributed by atoms with Crippen LogP contribution >= 0.6 is 22.6 Å². The number of aryl methyl sites for hydroxylation is 2. The predicted octanol–water partition coefficient (Wildman–Crippen LogP) is 4.66. The van der Waals surface area contributed by atoms with E-state index in [0.717, 1.165) is 15.8 Å². The van der Waals surface area contributed by atoms with E-state index in [1.165, 1.54) is 28.8 Å². The van der Waals surface area contributed by atoms with Crippen LogP contribution in [0.25, 0.3) is 0 Å². The largest absolute Gasteiger partial charge is 0.380 e. The van der Waals surface area contributed by atoms with Crippen molar-refractivity contribution in [2.75, 3.05) is 5.32 Å². The summed E-state index contributed by atoms with van der Waals surface area (Å²) in [4.78, 5) is 0. The summed E-state index contributed by atoms with van der Waals surface area (Å²) in [6.07, 6.45) is 0. The van der Waals surface area contributed by atoms with Gasteiger partial charge in [0.25, 0.3) is 0 Å². The van der Waals surface area contributed by atoms with Crippen LogP contribution in [-0.4, -0.2) is 0 Å². The third-order valence-electron chi connectivity index (χ3n) is 2.91. The van der Waals surface area contributed by atoms with E-state index in [2.05, 4.69) is 60.0 Å². The highest BCUT2D eigenvalue weighted by atomic mass is 127. The Hall–Kier alpha value is -1.10. The SMILES string of the molecule is Cc1ccc(C)c(CNc2ccc(F)cc2I)c1. The lowest BCUT2D eigenvalue weighted by atomic mass is 10.1. The second-order valence-electron chi connectivity index (χ2n) is 4.41. The van der Waals surface area contributed by atoms with Gasteiger partial charge in [0.15, 0.2) is 0 Å². The van der Waals surface area contributed by atoms with Gasteiger partial charge >= 0.3 is 0 Å². The molecule has 0 unspecified atom stereocenters. The van der Waals surface area contributed by atoms with Crippen LogP contribution in [-0.2, 0) is 6.54 Å². The van der Waals surface area contributed by atoms with Gasteiger partial charge in [-0.05, 0) is 65.8 Å². The maximum absolute atomic E-state index is 13.0. The van der Waals surface area contributed by atoms with Crippen LogP contribution in [0.5, 0.6) is 0 Å². The van der Waals surface area contributed by atoms with Crippen molar-refractivity contribution in [3.63, 3.8) is 0 Å². The van der Waals surface area contributed by atoms with Crippen molar-refractivity contribution < 1.29 is 4.39 Å². The molecule has 0 amide bonds. The molecule has 0 fully saturated rings. The summed E-state index contributed by atoms with van der Waals surface area (Å²) in [6.45, 7) is 4.95. The van der Waals surface area contributed by atoms with Crippen LogP contribution in [0.4, 0.5) is 10.1 Å². The molecule has 1 nitrogen and oxygen atoms in total. The molecule has 2 aromatic rings. The second-order valence-corrected chi connectivity index (χ2v) is 5.57. The fourth-order valence-corrected chi connectivity index (χ4v) is 2.48. The van der Waals surface area contributed by atoms with Crippen molar-refractivity contribution >= 4 is 28.3 Å². The number of benzene rings is 2. The van der Waals surface area contributed by atoms with Gasteiger partial charge in [-0.3, -0.25) is 0 Å². The first kappa shape index (κ1) is 13.3. The first-order chi connectivity index (χ1) is 8.56. The Morgan fingerprint density at radius 2 is 1.89 bits per heavy atom. The zero-order chi connectivity index (χ0) is 13.1. The molecule has 0 aromatic heterocycles. The highest BCUT2D eigenvalue weighted by Gasteiger charge is 2.03. The molecule has 0 saturated heterocycles. The molecule has 0 aliphatic heterocycles. The summed E-state index contributed by atoms with van der Waals surface area (Å²) in [5.41, 5.74) is 4.77. The van der Waals surface area contributed by atoms with Gasteiger partial charge in [-0.25, -0.2) is 4.39 Å². The Labute approximate surface area is 121 Å². The van der Waals surface area contributed by atoms with Crippen molar-refractivity contribution in [1.82, 2.24) is 0 Å². The Morgan fingerprint density at radius 3 is 2.61 bits per heavy atom. The molecule has 94 valence electrons. The third kappa shape index (κ3) is 3.22. The van der Waals surface area contributed by atoms with E-state index in [9.17, 15) is 4.39 Å². The summed E-state index contributed by atoms with van der Waals surface area (Å²) < 4.78 is 13.9. The third-order valence-corrected chi connectivity index (χ3v) is 3.80. The summed E-state index contributed by atoms with van der Waals surface area (Å²) in [5.74, 6) is -0.198. The number of nitrogens with one attached hydrogen (secondary N) is 1. The predicted molar refractivity (Wildman–Crippen MR) is 82.4 cm³/mol. The normalized spacial score (nSPS) is 10.4. The lowest BCUT2D eigenvalue weighted by Crippen LogP contribution is -2.03. The molecule has 0 bridgehead atoms. The average molecular weight is 355 g/mol. The Morgan fingerprint density at radius 1 is 1.11 bits per heavy atom. The maximum atomic E-state index is 13.0. The van der Waals surface area contributed by atoms with E-state index >= 15 is 0 Å². The van der Waals surface area contributed by atoms with Gasteiger partial charge in [-0.2, -0.15) is 0 Å². The first-order valence-electron chi connectivity index (χ1n) is 5.81. The molecule has 0 spiro atoms. The van der Waals surface area contributed by atoms with Crippen molar-refractivity contribution in [1.29, 1.82) is 0 Å². The van der Waals surface area contributed by atoms with Crippen LogP contribution in [0.3, 0.4) is 0 Å². The van der Waals surface area contributed by atoms with Gasteiger partial charge in [-0.1, -0.05) is 23.8 Å². The Bertz CT molecular complexity index is 566. The Kier molecular flexibility index (Phi) is 4.22. The van der Waals surface area contributed by atoms with Crippen LogP contribution in [0.2, 0.25) is 0 Å². The minimum atomic E-state index is -0.198. The van der Waals surface area contributed by atoms with E-state index in [1.54, 1.807) is 6.07 Å². The summed E-state index contributed by atoms with van der Waals surface area (Å²) in [6, 6.07) is 11.2. The average Bonchev–Trinajstić information content (AvgIpc) is 2.32. The van der Waals surface area contributed by atoms with Gasteiger partial charge in [0, 0.05) is 15.8 Å². The van der Waals surface area contributed by atoms with E-state index in [0.29, 0.717) is 0 Å². The fraction of sp³-hybridized carbons (Fsp3) is 0.200. The monoisotopic (exact) mass is 355 g/mol. The zero-order valence-corrected chi connectivity index (χ0v) is 12.6. The summed E-state index contributed by atoms with van der Waals surface area (Å²) in [7, 11) is 0. The molecule has 0 saturated carbocycles. The molecule has 3 heteroatoms. The highest BCUT2D eigenvalue weighted by Crippen LogP contribution is 2.20. The van der Waals surface area contributed by atoms with E-state index < -0.39 is 0 Å². The number of halogens is 2. The van der Waals surface area contributed by atoms with Crippen molar-refractivity contribution in [2.24, 2.45) is 0 Å². The minimum absolute atomic E-state index is 0.198. The molecular formula is C15H15FIN. The molecule has 0 atom stereocenters. The molecule has 18 heavy (non-hydrogen) atoms. The molecule has 0 radical (unpaired) electrons. The highest BCUT2D eigenvalue weighted by molar-refractivity contribution is 14.1. The van der Waals surface area contributed by atoms with Crippen molar-refractivity contribution in [3.8, 4) is 0 Å². The molecule has 0 aliphatic rings. The van der Waals surface area contributed by atoms with Gasteiger partial charge in [0.05, 0.1) is 0 Å². The van der Waals surface area contributed by atoms with Crippen LogP contribution in [0.1, 0.15) is 16.7 Å². The standard InChI is InChI=1S/C15H15FIN/c1-10-3-4-11(2)12(7-10)9-18-15-6-5-13(16)8-14(15)17/h3-8,18H,9H2,1-2H3. The number of anilines is 1. The smallest absolute Gasteiger partial charge is 0.124 e. The number of hydrogen-bond donors (Lipinski definition) is 1. The lowest BCUT2D eigenvalue weighted by Gasteiger charge is -2.11. The number of rotatable bonds is 3. The van der Waals surface area contributed by atoms with Crippen LogP contribution in [0.15, 0.2) is 36.4 Å². The minimum Gasteiger partial charge on any atom is -0.380 e.